The van der Waals surface area contributed by atoms with Gasteiger partial charge in [-0.3, -0.25) is 0 Å². The molecule has 4 nitrogen and oxygen atoms in total. The summed E-state index contributed by atoms with van der Waals surface area (Å²) >= 11 is 0. The Balaban J connectivity index is 2.42. The van der Waals surface area contributed by atoms with E-state index < -0.39 is 0 Å². The average Bonchev–Trinajstić information content (AvgIpc) is 2.45. The second kappa shape index (κ2) is 9.37. The number of aliphatic hydroxyl groups excluding tert-OH is 1. The standard InChI is InChI=1S/C16H26N2O2/c1-3-6-14(9-10-19)12-17-16(20)18-15-8-5-7-13(4-2)11-15/h5,7-8,11,14,19H,3-4,6,9-10,12H2,1-2H3,(H2,17,18,20). The summed E-state index contributed by atoms with van der Waals surface area (Å²) in [5, 5.41) is 14.7. The third kappa shape index (κ3) is 6.06. The van der Waals surface area contributed by atoms with E-state index in [1.165, 1.54) is 5.56 Å². The van der Waals surface area contributed by atoms with E-state index in [2.05, 4.69) is 24.5 Å². The van der Waals surface area contributed by atoms with Crippen LogP contribution in [0.15, 0.2) is 24.3 Å². The smallest absolute Gasteiger partial charge is 0.319 e. The van der Waals surface area contributed by atoms with Crippen molar-refractivity contribution in [3.05, 3.63) is 29.8 Å². The van der Waals surface area contributed by atoms with Crippen LogP contribution in [0, 0.1) is 5.92 Å². The molecule has 0 radical (unpaired) electrons. The Morgan fingerprint density at radius 3 is 2.75 bits per heavy atom. The maximum absolute atomic E-state index is 11.8. The molecular formula is C16H26N2O2. The fourth-order valence-corrected chi connectivity index (χ4v) is 2.22. The van der Waals surface area contributed by atoms with Gasteiger partial charge in [0.05, 0.1) is 0 Å². The molecule has 0 spiro atoms. The molecule has 0 aliphatic rings. The van der Waals surface area contributed by atoms with E-state index in [4.69, 9.17) is 5.11 Å². The van der Waals surface area contributed by atoms with Crippen molar-refractivity contribution in [1.82, 2.24) is 5.32 Å². The van der Waals surface area contributed by atoms with E-state index in [0.29, 0.717) is 12.5 Å². The highest BCUT2D eigenvalue weighted by Gasteiger charge is 2.09. The predicted octanol–water partition coefficient (Wildman–Crippen LogP) is 3.17. The van der Waals surface area contributed by atoms with Gasteiger partial charge >= 0.3 is 6.03 Å². The molecule has 0 fully saturated rings. The van der Waals surface area contributed by atoms with E-state index in [1.807, 2.05) is 24.3 Å². The first-order chi connectivity index (χ1) is 9.69. The summed E-state index contributed by atoms with van der Waals surface area (Å²) in [6.45, 7) is 4.98. The lowest BCUT2D eigenvalue weighted by atomic mass is 10.0. The fourth-order valence-electron chi connectivity index (χ4n) is 2.22. The van der Waals surface area contributed by atoms with Crippen molar-refractivity contribution >= 4 is 11.7 Å². The van der Waals surface area contributed by atoms with Crippen LogP contribution in [0.4, 0.5) is 10.5 Å². The summed E-state index contributed by atoms with van der Waals surface area (Å²) in [5.41, 5.74) is 2.02. The first-order valence-corrected chi connectivity index (χ1v) is 7.44. The number of urea groups is 1. The number of hydrogen-bond donors (Lipinski definition) is 3. The van der Waals surface area contributed by atoms with Crippen LogP contribution in [0.2, 0.25) is 0 Å². The monoisotopic (exact) mass is 278 g/mol. The molecule has 0 bridgehead atoms. The number of carbonyl (C=O) groups is 1. The van der Waals surface area contributed by atoms with Gasteiger partial charge in [0.15, 0.2) is 0 Å². The zero-order chi connectivity index (χ0) is 14.8. The Morgan fingerprint density at radius 2 is 2.10 bits per heavy atom. The van der Waals surface area contributed by atoms with Gasteiger partial charge in [0.25, 0.3) is 0 Å². The van der Waals surface area contributed by atoms with E-state index in [1.54, 1.807) is 0 Å². The van der Waals surface area contributed by atoms with E-state index >= 15 is 0 Å². The highest BCUT2D eigenvalue weighted by Crippen LogP contribution is 2.12. The lowest BCUT2D eigenvalue weighted by Gasteiger charge is -2.16. The summed E-state index contributed by atoms with van der Waals surface area (Å²) in [6.07, 6.45) is 3.77. The van der Waals surface area contributed by atoms with Crippen molar-refractivity contribution < 1.29 is 9.90 Å². The summed E-state index contributed by atoms with van der Waals surface area (Å²) in [6, 6.07) is 7.67. The number of aryl methyl sites for hydroxylation is 1. The van der Waals surface area contributed by atoms with Crippen molar-refractivity contribution in [3.63, 3.8) is 0 Å². The Bertz CT molecular complexity index is 401. The molecular weight excluding hydrogens is 252 g/mol. The quantitative estimate of drug-likeness (QED) is 0.684. The van der Waals surface area contributed by atoms with Crippen LogP contribution in [-0.4, -0.2) is 24.3 Å². The van der Waals surface area contributed by atoms with Crippen molar-refractivity contribution in [1.29, 1.82) is 0 Å². The maximum Gasteiger partial charge on any atom is 0.319 e. The highest BCUT2D eigenvalue weighted by atomic mass is 16.3. The zero-order valence-corrected chi connectivity index (χ0v) is 12.5. The van der Waals surface area contributed by atoms with Gasteiger partial charge in [-0.25, -0.2) is 4.79 Å². The van der Waals surface area contributed by atoms with Gasteiger partial charge in [-0.05, 0) is 42.9 Å². The fraction of sp³-hybridized carbons (Fsp3) is 0.562. The Labute approximate surface area is 121 Å². The number of hydrogen-bond acceptors (Lipinski definition) is 2. The average molecular weight is 278 g/mol. The number of amides is 2. The van der Waals surface area contributed by atoms with Crippen LogP contribution in [0.3, 0.4) is 0 Å². The topological polar surface area (TPSA) is 61.4 Å². The van der Waals surface area contributed by atoms with Crippen molar-refractivity contribution in [2.45, 2.75) is 39.5 Å². The Kier molecular flexibility index (Phi) is 7.73. The molecule has 0 saturated carbocycles. The molecule has 1 aromatic carbocycles. The normalized spacial score (nSPS) is 11.9. The largest absolute Gasteiger partial charge is 0.396 e. The lowest BCUT2D eigenvalue weighted by Crippen LogP contribution is -2.33. The van der Waals surface area contributed by atoms with Crippen molar-refractivity contribution in [2.75, 3.05) is 18.5 Å². The number of anilines is 1. The summed E-state index contributed by atoms with van der Waals surface area (Å²) < 4.78 is 0. The summed E-state index contributed by atoms with van der Waals surface area (Å²) in [5.74, 6) is 0.345. The first-order valence-electron chi connectivity index (χ1n) is 7.44. The Hall–Kier alpha value is -1.55. The molecule has 112 valence electrons. The van der Waals surface area contributed by atoms with Crippen LogP contribution in [-0.2, 0) is 6.42 Å². The molecule has 1 atom stereocenters. The van der Waals surface area contributed by atoms with Gasteiger partial charge in [-0.2, -0.15) is 0 Å². The number of nitrogens with one attached hydrogen (secondary N) is 2. The second-order valence-electron chi connectivity index (χ2n) is 5.06. The summed E-state index contributed by atoms with van der Waals surface area (Å²) in [4.78, 5) is 11.8. The van der Waals surface area contributed by atoms with Gasteiger partial charge in [-0.1, -0.05) is 32.4 Å². The van der Waals surface area contributed by atoms with Gasteiger partial charge in [-0.15, -0.1) is 0 Å². The molecule has 3 N–H and O–H groups in total. The third-order valence-electron chi connectivity index (χ3n) is 3.38. The zero-order valence-electron chi connectivity index (χ0n) is 12.5. The second-order valence-corrected chi connectivity index (χ2v) is 5.06. The minimum Gasteiger partial charge on any atom is -0.396 e. The number of carbonyl (C=O) groups excluding carboxylic acids is 1. The molecule has 20 heavy (non-hydrogen) atoms. The molecule has 4 heteroatoms. The van der Waals surface area contributed by atoms with Crippen LogP contribution >= 0.6 is 0 Å². The van der Waals surface area contributed by atoms with Crippen molar-refractivity contribution in [2.24, 2.45) is 5.92 Å². The number of rotatable bonds is 8. The van der Waals surface area contributed by atoms with Gasteiger partial charge in [0.1, 0.15) is 0 Å². The molecule has 0 saturated heterocycles. The molecule has 0 heterocycles. The molecule has 1 aromatic rings. The van der Waals surface area contributed by atoms with Gasteiger partial charge in [0, 0.05) is 18.8 Å². The SMILES string of the molecule is CCCC(CCO)CNC(=O)Nc1cccc(CC)c1. The van der Waals surface area contributed by atoms with Crippen LogP contribution in [0.1, 0.15) is 38.7 Å². The van der Waals surface area contributed by atoms with Crippen molar-refractivity contribution in [3.8, 4) is 0 Å². The summed E-state index contributed by atoms with van der Waals surface area (Å²) in [7, 11) is 0. The van der Waals surface area contributed by atoms with Crippen LogP contribution in [0.5, 0.6) is 0 Å². The molecule has 1 unspecified atom stereocenters. The highest BCUT2D eigenvalue weighted by molar-refractivity contribution is 5.89. The van der Waals surface area contributed by atoms with Crippen LogP contribution < -0.4 is 10.6 Å². The number of aliphatic hydroxyl groups is 1. The van der Waals surface area contributed by atoms with Gasteiger partial charge < -0.3 is 15.7 Å². The lowest BCUT2D eigenvalue weighted by molar-refractivity contribution is 0.237. The predicted molar refractivity (Wildman–Crippen MR) is 82.9 cm³/mol. The molecule has 1 rings (SSSR count). The van der Waals surface area contributed by atoms with E-state index in [-0.39, 0.29) is 12.6 Å². The molecule has 0 aliphatic carbocycles. The maximum atomic E-state index is 11.8. The minimum atomic E-state index is -0.183. The molecule has 0 aromatic heterocycles. The molecule has 0 aliphatic heterocycles. The van der Waals surface area contributed by atoms with E-state index in [9.17, 15) is 4.79 Å². The van der Waals surface area contributed by atoms with Crippen LogP contribution in [0.25, 0.3) is 0 Å². The van der Waals surface area contributed by atoms with E-state index in [0.717, 1.165) is 31.4 Å². The van der Waals surface area contributed by atoms with Gasteiger partial charge in [0.2, 0.25) is 0 Å². The molecule has 2 amide bonds. The Morgan fingerprint density at radius 1 is 1.30 bits per heavy atom. The third-order valence-corrected chi connectivity index (χ3v) is 3.38. The minimum absolute atomic E-state index is 0.173. The first kappa shape index (κ1) is 16.5. The number of benzene rings is 1.